The Bertz CT molecular complexity index is 716. The lowest BCUT2D eigenvalue weighted by Crippen LogP contribution is -2.30. The summed E-state index contributed by atoms with van der Waals surface area (Å²) >= 11 is 0. The topological polar surface area (TPSA) is 71.1 Å². The summed E-state index contributed by atoms with van der Waals surface area (Å²) in [5, 5.41) is 5.17. The Labute approximate surface area is 142 Å². The molecule has 1 heterocycles. The minimum Gasteiger partial charge on any atom is -0.352 e. The minimum atomic E-state index is -4.44. The van der Waals surface area contributed by atoms with Gasteiger partial charge in [0.25, 0.3) is 5.91 Å². The molecule has 0 spiro atoms. The van der Waals surface area contributed by atoms with E-state index in [1.165, 1.54) is 0 Å². The second-order valence-electron chi connectivity index (χ2n) is 5.22. The molecule has 1 aromatic carbocycles. The van der Waals surface area contributed by atoms with E-state index in [2.05, 4.69) is 15.6 Å². The molecule has 0 aliphatic carbocycles. The molecule has 25 heavy (non-hydrogen) atoms. The predicted molar refractivity (Wildman–Crippen MR) is 84.5 cm³/mol. The van der Waals surface area contributed by atoms with E-state index in [1.54, 1.807) is 18.5 Å². The SMILES string of the molecule is O=C(CCNC(=O)c1ccc(C(F)(F)F)cc1)NCc1cccnc1. The lowest BCUT2D eigenvalue weighted by atomic mass is 10.1. The fourth-order valence-electron chi connectivity index (χ4n) is 1.99. The summed E-state index contributed by atoms with van der Waals surface area (Å²) in [6, 6.07) is 7.46. The van der Waals surface area contributed by atoms with Gasteiger partial charge in [-0.05, 0) is 35.9 Å². The van der Waals surface area contributed by atoms with Crippen LogP contribution in [0.4, 0.5) is 13.2 Å². The lowest BCUT2D eigenvalue weighted by molar-refractivity contribution is -0.137. The highest BCUT2D eigenvalue weighted by Gasteiger charge is 2.30. The molecule has 0 saturated heterocycles. The zero-order valence-electron chi connectivity index (χ0n) is 13.1. The van der Waals surface area contributed by atoms with Gasteiger partial charge in [-0.15, -0.1) is 0 Å². The summed E-state index contributed by atoms with van der Waals surface area (Å²) < 4.78 is 37.4. The summed E-state index contributed by atoms with van der Waals surface area (Å²) in [6.45, 7) is 0.415. The van der Waals surface area contributed by atoms with E-state index in [-0.39, 0.29) is 24.4 Å². The van der Waals surface area contributed by atoms with Crippen LogP contribution in [0.5, 0.6) is 0 Å². The molecule has 8 heteroatoms. The van der Waals surface area contributed by atoms with Gasteiger partial charge in [-0.1, -0.05) is 6.07 Å². The molecule has 2 N–H and O–H groups in total. The maximum atomic E-state index is 12.5. The molecule has 2 aromatic rings. The molecule has 2 rings (SSSR count). The highest BCUT2D eigenvalue weighted by atomic mass is 19.4. The second kappa shape index (κ2) is 8.27. The molecule has 1 aromatic heterocycles. The van der Waals surface area contributed by atoms with Crippen molar-refractivity contribution in [2.45, 2.75) is 19.1 Å². The molecule has 132 valence electrons. The van der Waals surface area contributed by atoms with Crippen LogP contribution in [-0.2, 0) is 17.5 Å². The number of aromatic nitrogens is 1. The third-order valence-electron chi connectivity index (χ3n) is 3.32. The van der Waals surface area contributed by atoms with Gasteiger partial charge >= 0.3 is 6.18 Å². The number of benzene rings is 1. The van der Waals surface area contributed by atoms with E-state index in [1.807, 2.05) is 6.07 Å². The van der Waals surface area contributed by atoms with E-state index >= 15 is 0 Å². The monoisotopic (exact) mass is 351 g/mol. The van der Waals surface area contributed by atoms with Crippen molar-refractivity contribution >= 4 is 11.8 Å². The Hall–Kier alpha value is -2.90. The molecular weight excluding hydrogens is 335 g/mol. The highest BCUT2D eigenvalue weighted by molar-refractivity contribution is 5.94. The van der Waals surface area contributed by atoms with Crippen LogP contribution in [0.3, 0.4) is 0 Å². The second-order valence-corrected chi connectivity index (χ2v) is 5.22. The standard InChI is InChI=1S/C17H16F3N3O2/c18-17(19,20)14-5-3-13(4-6-14)16(25)22-9-7-15(24)23-11-12-2-1-8-21-10-12/h1-6,8,10H,7,9,11H2,(H,22,25)(H,23,24). The summed E-state index contributed by atoms with van der Waals surface area (Å²) in [4.78, 5) is 27.4. The molecule has 0 aliphatic heterocycles. The molecule has 0 saturated carbocycles. The van der Waals surface area contributed by atoms with Crippen molar-refractivity contribution in [2.24, 2.45) is 0 Å². The van der Waals surface area contributed by atoms with Crippen molar-refractivity contribution in [3.63, 3.8) is 0 Å². The van der Waals surface area contributed by atoms with E-state index in [0.29, 0.717) is 6.54 Å². The summed E-state index contributed by atoms with van der Waals surface area (Å²) in [5.74, 6) is -0.787. The third kappa shape index (κ3) is 5.91. The van der Waals surface area contributed by atoms with Crippen LogP contribution in [-0.4, -0.2) is 23.3 Å². The van der Waals surface area contributed by atoms with Crippen LogP contribution in [0.2, 0.25) is 0 Å². The van der Waals surface area contributed by atoms with Gasteiger partial charge in [-0.3, -0.25) is 14.6 Å². The fourth-order valence-corrected chi connectivity index (χ4v) is 1.99. The van der Waals surface area contributed by atoms with Crippen LogP contribution >= 0.6 is 0 Å². The Balaban J connectivity index is 1.73. The number of amides is 2. The quantitative estimate of drug-likeness (QED) is 0.840. The van der Waals surface area contributed by atoms with Crippen molar-refractivity contribution < 1.29 is 22.8 Å². The smallest absolute Gasteiger partial charge is 0.352 e. The zero-order chi connectivity index (χ0) is 18.3. The molecular formula is C17H16F3N3O2. The number of carbonyl (C=O) groups excluding carboxylic acids is 2. The lowest BCUT2D eigenvalue weighted by Gasteiger charge is -2.09. The minimum absolute atomic E-state index is 0.0621. The first kappa shape index (κ1) is 18.4. The normalized spacial score (nSPS) is 11.0. The number of nitrogens with zero attached hydrogens (tertiary/aromatic N) is 1. The number of hydrogen-bond donors (Lipinski definition) is 2. The number of rotatable bonds is 6. The number of halogens is 3. The predicted octanol–water partition coefficient (Wildman–Crippen LogP) is 2.54. The van der Waals surface area contributed by atoms with Crippen molar-refractivity contribution in [1.82, 2.24) is 15.6 Å². The van der Waals surface area contributed by atoms with Crippen molar-refractivity contribution in [3.8, 4) is 0 Å². The first-order valence-corrected chi connectivity index (χ1v) is 7.47. The van der Waals surface area contributed by atoms with E-state index in [9.17, 15) is 22.8 Å². The van der Waals surface area contributed by atoms with Crippen molar-refractivity contribution in [1.29, 1.82) is 0 Å². The molecule has 0 atom stereocenters. The molecule has 0 radical (unpaired) electrons. The summed E-state index contributed by atoms with van der Waals surface area (Å²) in [6.07, 6.45) is -1.12. The van der Waals surface area contributed by atoms with Crippen LogP contribution < -0.4 is 10.6 Å². The molecule has 5 nitrogen and oxygen atoms in total. The van der Waals surface area contributed by atoms with Crippen molar-refractivity contribution in [3.05, 3.63) is 65.5 Å². The molecule has 0 aliphatic rings. The summed E-state index contributed by atoms with van der Waals surface area (Å²) in [7, 11) is 0. The van der Waals surface area contributed by atoms with Gasteiger partial charge in [0.05, 0.1) is 5.56 Å². The number of carbonyl (C=O) groups is 2. The number of pyridine rings is 1. The number of alkyl halides is 3. The number of nitrogens with one attached hydrogen (secondary N) is 2. The number of hydrogen-bond acceptors (Lipinski definition) is 3. The van der Waals surface area contributed by atoms with Gasteiger partial charge in [0, 0.05) is 37.5 Å². The Kier molecular flexibility index (Phi) is 6.10. The largest absolute Gasteiger partial charge is 0.416 e. The maximum absolute atomic E-state index is 12.5. The van der Waals surface area contributed by atoms with E-state index < -0.39 is 17.6 Å². The molecule has 0 fully saturated rings. The van der Waals surface area contributed by atoms with Gasteiger partial charge in [0.2, 0.25) is 5.91 Å². The van der Waals surface area contributed by atoms with Gasteiger partial charge in [-0.2, -0.15) is 13.2 Å². The molecule has 0 bridgehead atoms. The van der Waals surface area contributed by atoms with Gasteiger partial charge in [0.15, 0.2) is 0 Å². The fraction of sp³-hybridized carbons (Fsp3) is 0.235. The van der Waals surface area contributed by atoms with E-state index in [4.69, 9.17) is 0 Å². The summed E-state index contributed by atoms with van der Waals surface area (Å²) in [5.41, 5.74) is 0.132. The Morgan fingerprint density at radius 2 is 1.76 bits per heavy atom. The molecule has 2 amide bonds. The average Bonchev–Trinajstić information content (AvgIpc) is 2.60. The Morgan fingerprint density at radius 3 is 2.36 bits per heavy atom. The first-order chi connectivity index (χ1) is 11.9. The van der Waals surface area contributed by atoms with Crippen LogP contribution in [0.25, 0.3) is 0 Å². The van der Waals surface area contributed by atoms with Gasteiger partial charge in [0.1, 0.15) is 0 Å². The Morgan fingerprint density at radius 1 is 1.04 bits per heavy atom. The molecule has 0 unspecified atom stereocenters. The maximum Gasteiger partial charge on any atom is 0.416 e. The van der Waals surface area contributed by atoms with Crippen LogP contribution in [0, 0.1) is 0 Å². The van der Waals surface area contributed by atoms with Crippen molar-refractivity contribution in [2.75, 3.05) is 6.54 Å². The first-order valence-electron chi connectivity index (χ1n) is 7.47. The van der Waals surface area contributed by atoms with Crippen LogP contribution in [0.1, 0.15) is 27.9 Å². The highest BCUT2D eigenvalue weighted by Crippen LogP contribution is 2.29. The average molecular weight is 351 g/mol. The van der Waals surface area contributed by atoms with Gasteiger partial charge < -0.3 is 10.6 Å². The van der Waals surface area contributed by atoms with Gasteiger partial charge in [-0.25, -0.2) is 0 Å². The van der Waals surface area contributed by atoms with E-state index in [0.717, 1.165) is 29.8 Å². The third-order valence-corrected chi connectivity index (χ3v) is 3.32. The zero-order valence-corrected chi connectivity index (χ0v) is 13.1. The van der Waals surface area contributed by atoms with Crippen LogP contribution in [0.15, 0.2) is 48.8 Å².